The largest absolute Gasteiger partial charge is 0.508 e. The van der Waals surface area contributed by atoms with E-state index in [1.54, 1.807) is 16.8 Å². The highest BCUT2D eigenvalue weighted by molar-refractivity contribution is 6.28. The first kappa shape index (κ1) is 21.6. The van der Waals surface area contributed by atoms with Gasteiger partial charge in [-0.3, -0.25) is 4.79 Å². The summed E-state index contributed by atoms with van der Waals surface area (Å²) in [4.78, 5) is 30.8. The molecule has 2 aromatic heterocycles. The number of hydrogen-bond acceptors (Lipinski definition) is 10. The van der Waals surface area contributed by atoms with Crippen LogP contribution in [0, 0.1) is 12.3 Å². The van der Waals surface area contributed by atoms with Gasteiger partial charge in [0.1, 0.15) is 30.9 Å². The number of nitrogen functional groups attached to an aromatic ring is 1. The molecule has 12 heteroatoms. The molecular formula is C18H19ClN4O7. The second kappa shape index (κ2) is 8.74. The summed E-state index contributed by atoms with van der Waals surface area (Å²) in [5.74, 6) is 2.04. The van der Waals surface area contributed by atoms with Crippen molar-refractivity contribution in [3.05, 3.63) is 17.5 Å². The van der Waals surface area contributed by atoms with Crippen molar-refractivity contribution in [3.63, 3.8) is 0 Å². The van der Waals surface area contributed by atoms with E-state index in [0.29, 0.717) is 11.0 Å². The number of carbonyl (C=O) groups is 2. The predicted octanol–water partition coefficient (Wildman–Crippen LogP) is 1.04. The minimum absolute atomic E-state index is 0.0486. The van der Waals surface area contributed by atoms with Crippen LogP contribution in [0.1, 0.15) is 19.6 Å². The SMILES string of the molecule is C#C[C@]1(CO)O[C@@H](n2ccc3c(N)nc(Cl)nc32)C[C@@H]1OC(=O)OCCOC(C)=O. The molecule has 3 atom stereocenters. The van der Waals surface area contributed by atoms with E-state index < -0.39 is 36.7 Å². The Bertz CT molecular complexity index is 1000. The lowest BCUT2D eigenvalue weighted by Crippen LogP contribution is -2.44. The summed E-state index contributed by atoms with van der Waals surface area (Å²) in [6.45, 7) is 0.302. The second-order valence-electron chi connectivity index (χ2n) is 6.38. The van der Waals surface area contributed by atoms with E-state index in [-0.39, 0.29) is 30.7 Å². The van der Waals surface area contributed by atoms with E-state index in [0.717, 1.165) is 0 Å². The van der Waals surface area contributed by atoms with Gasteiger partial charge in [0.15, 0.2) is 11.7 Å². The van der Waals surface area contributed by atoms with Gasteiger partial charge < -0.3 is 34.4 Å². The van der Waals surface area contributed by atoms with Crippen molar-refractivity contribution in [1.29, 1.82) is 0 Å². The van der Waals surface area contributed by atoms with Gasteiger partial charge >= 0.3 is 12.1 Å². The number of hydrogen-bond donors (Lipinski definition) is 2. The highest BCUT2D eigenvalue weighted by atomic mass is 35.5. The second-order valence-corrected chi connectivity index (χ2v) is 6.72. The Hall–Kier alpha value is -3.07. The minimum atomic E-state index is -1.60. The number of nitrogens with two attached hydrogens (primary N) is 1. The van der Waals surface area contributed by atoms with Gasteiger partial charge in [0.2, 0.25) is 5.28 Å². The number of halogens is 1. The zero-order valence-electron chi connectivity index (χ0n) is 15.9. The minimum Gasteiger partial charge on any atom is -0.462 e. The van der Waals surface area contributed by atoms with Gasteiger partial charge in [-0.05, 0) is 17.7 Å². The number of terminal acetylenes is 1. The zero-order valence-corrected chi connectivity index (χ0v) is 16.7. The molecule has 0 aliphatic carbocycles. The molecule has 3 heterocycles. The lowest BCUT2D eigenvalue weighted by molar-refractivity contribution is -0.142. The molecule has 0 bridgehead atoms. The molecule has 0 saturated carbocycles. The molecule has 1 fully saturated rings. The Morgan fingerprint density at radius 2 is 2.20 bits per heavy atom. The maximum Gasteiger partial charge on any atom is 0.508 e. The summed E-state index contributed by atoms with van der Waals surface area (Å²) in [6, 6.07) is 1.68. The zero-order chi connectivity index (χ0) is 21.9. The molecule has 0 aromatic carbocycles. The monoisotopic (exact) mass is 438 g/mol. The molecule has 30 heavy (non-hydrogen) atoms. The fraction of sp³-hybridized carbons (Fsp3) is 0.444. The molecule has 0 unspecified atom stereocenters. The van der Waals surface area contributed by atoms with Gasteiger partial charge in [0, 0.05) is 19.5 Å². The summed E-state index contributed by atoms with van der Waals surface area (Å²) in [6.07, 6.45) is 4.51. The van der Waals surface area contributed by atoms with E-state index >= 15 is 0 Å². The van der Waals surface area contributed by atoms with Crippen LogP contribution in [0.15, 0.2) is 12.3 Å². The van der Waals surface area contributed by atoms with Crippen LogP contribution >= 0.6 is 11.6 Å². The Balaban J connectivity index is 1.77. The molecule has 3 rings (SSSR count). The van der Waals surface area contributed by atoms with Crippen LogP contribution in [0.25, 0.3) is 11.0 Å². The van der Waals surface area contributed by atoms with Gasteiger partial charge in [-0.1, -0.05) is 5.92 Å². The van der Waals surface area contributed by atoms with Crippen LogP contribution in [0.2, 0.25) is 5.28 Å². The van der Waals surface area contributed by atoms with Crippen LogP contribution in [0.4, 0.5) is 10.6 Å². The average Bonchev–Trinajstić information content (AvgIpc) is 3.27. The molecule has 1 saturated heterocycles. The van der Waals surface area contributed by atoms with Crippen molar-refractivity contribution in [1.82, 2.24) is 14.5 Å². The number of anilines is 1. The highest BCUT2D eigenvalue weighted by Crippen LogP contribution is 2.40. The molecule has 3 N–H and O–H groups in total. The number of carbonyl (C=O) groups excluding carboxylic acids is 2. The van der Waals surface area contributed by atoms with Crippen molar-refractivity contribution in [2.24, 2.45) is 0 Å². The molecule has 11 nitrogen and oxygen atoms in total. The molecule has 160 valence electrons. The summed E-state index contributed by atoms with van der Waals surface area (Å²) in [5.41, 5.74) is 4.66. The van der Waals surface area contributed by atoms with Crippen molar-refractivity contribution in [2.45, 2.75) is 31.3 Å². The summed E-state index contributed by atoms with van der Waals surface area (Å²) in [5, 5.41) is 10.4. The van der Waals surface area contributed by atoms with E-state index in [9.17, 15) is 14.7 Å². The summed E-state index contributed by atoms with van der Waals surface area (Å²) >= 11 is 5.90. The van der Waals surface area contributed by atoms with Crippen molar-refractivity contribution < 1.29 is 33.6 Å². The first-order valence-electron chi connectivity index (χ1n) is 8.82. The van der Waals surface area contributed by atoms with Crippen molar-refractivity contribution >= 4 is 40.6 Å². The van der Waals surface area contributed by atoms with Crippen molar-refractivity contribution in [3.8, 4) is 12.3 Å². The lowest BCUT2D eigenvalue weighted by atomic mass is 9.99. The van der Waals surface area contributed by atoms with Gasteiger partial charge in [-0.2, -0.15) is 4.98 Å². The van der Waals surface area contributed by atoms with Gasteiger partial charge in [-0.15, -0.1) is 6.42 Å². The van der Waals surface area contributed by atoms with Gasteiger partial charge in [-0.25, -0.2) is 9.78 Å². The van der Waals surface area contributed by atoms with Gasteiger partial charge in [0.05, 0.1) is 12.0 Å². The number of esters is 1. The van der Waals surface area contributed by atoms with Crippen LogP contribution in [-0.4, -0.2) is 63.3 Å². The lowest BCUT2D eigenvalue weighted by Gasteiger charge is -2.26. The molecule has 0 amide bonds. The highest BCUT2D eigenvalue weighted by Gasteiger charge is 2.51. The third-order valence-electron chi connectivity index (χ3n) is 4.49. The smallest absolute Gasteiger partial charge is 0.462 e. The molecule has 1 aliphatic heterocycles. The fourth-order valence-corrected chi connectivity index (χ4v) is 3.26. The number of aromatic nitrogens is 3. The van der Waals surface area contributed by atoms with Crippen LogP contribution in [0.5, 0.6) is 0 Å². The average molecular weight is 439 g/mol. The summed E-state index contributed by atoms with van der Waals surface area (Å²) in [7, 11) is 0. The maximum atomic E-state index is 12.0. The number of aliphatic hydroxyl groups is 1. The van der Waals surface area contributed by atoms with Crippen LogP contribution < -0.4 is 5.73 Å². The number of rotatable bonds is 6. The third kappa shape index (κ3) is 4.25. The quantitative estimate of drug-likeness (QED) is 0.290. The van der Waals surface area contributed by atoms with Crippen LogP contribution in [0.3, 0.4) is 0 Å². The van der Waals surface area contributed by atoms with E-state index in [2.05, 4.69) is 20.6 Å². The Labute approximate surface area is 176 Å². The van der Waals surface area contributed by atoms with E-state index in [4.69, 9.17) is 38.0 Å². The first-order valence-corrected chi connectivity index (χ1v) is 9.20. The Kier molecular flexibility index (Phi) is 6.31. The fourth-order valence-electron chi connectivity index (χ4n) is 3.09. The summed E-state index contributed by atoms with van der Waals surface area (Å²) < 4.78 is 22.3. The molecule has 0 spiro atoms. The normalized spacial score (nSPS) is 23.1. The number of ether oxygens (including phenoxy) is 4. The van der Waals surface area contributed by atoms with E-state index in [1.165, 1.54) is 6.92 Å². The number of aliphatic hydroxyl groups excluding tert-OH is 1. The standard InChI is InChI=1S/C18H19ClN4O7/c1-3-18(9-24)12(29-17(26)28-7-6-27-10(2)25)8-13(30-18)23-5-4-11-14(20)21-16(19)22-15(11)23/h1,4-5,12-13,24H,6-9H2,2H3,(H2,20,21,22)/t12-,13+,18+/m0/s1. The Morgan fingerprint density at radius 1 is 1.47 bits per heavy atom. The predicted molar refractivity (Wildman–Crippen MR) is 103 cm³/mol. The molecule has 2 aromatic rings. The third-order valence-corrected chi connectivity index (χ3v) is 4.66. The van der Waals surface area contributed by atoms with Crippen LogP contribution in [-0.2, 0) is 23.7 Å². The molecule has 0 radical (unpaired) electrons. The topological polar surface area (TPSA) is 148 Å². The maximum absolute atomic E-state index is 12.0. The number of nitrogens with zero attached hydrogens (tertiary/aromatic N) is 3. The van der Waals surface area contributed by atoms with E-state index in [1.807, 2.05) is 0 Å². The molecule has 1 aliphatic rings. The first-order chi connectivity index (χ1) is 14.3. The molecular weight excluding hydrogens is 420 g/mol. The van der Waals surface area contributed by atoms with Crippen molar-refractivity contribution in [2.75, 3.05) is 25.6 Å². The Morgan fingerprint density at radius 3 is 2.87 bits per heavy atom. The number of fused-ring (bicyclic) bond motifs is 1. The van der Waals surface area contributed by atoms with Gasteiger partial charge in [0.25, 0.3) is 0 Å².